The average Bonchev–Trinajstić information content (AvgIpc) is 2.34. The van der Waals surface area contributed by atoms with Crippen molar-refractivity contribution in [1.29, 1.82) is 0 Å². The molecular weight excluding hydrogens is 216 g/mol. The van der Waals surface area contributed by atoms with E-state index in [-0.39, 0.29) is 0 Å². The minimum absolute atomic E-state index is 0.313. The first-order chi connectivity index (χ1) is 8.16. The summed E-state index contributed by atoms with van der Waals surface area (Å²) in [5, 5.41) is 0. The number of carbonyl (C=O) groups excluding carboxylic acids is 1. The van der Waals surface area contributed by atoms with E-state index in [9.17, 15) is 4.79 Å². The second-order valence-corrected chi connectivity index (χ2v) is 3.55. The number of ether oxygens (including phenoxy) is 1. The number of hydrogen-bond donors (Lipinski definition) is 2. The van der Waals surface area contributed by atoms with Crippen LogP contribution < -0.4 is 16.2 Å². The number of rotatable bonds is 2. The SMILES string of the molecule is Nc1ccc(OC(=O)c2ccccc2)c(N)c1. The average molecular weight is 228 g/mol. The maximum atomic E-state index is 11.7. The summed E-state index contributed by atoms with van der Waals surface area (Å²) in [6.07, 6.45) is 0. The van der Waals surface area contributed by atoms with Crippen LogP contribution in [0.4, 0.5) is 11.4 Å². The monoisotopic (exact) mass is 228 g/mol. The molecule has 0 atom stereocenters. The van der Waals surface area contributed by atoms with Crippen LogP contribution in [-0.2, 0) is 0 Å². The number of anilines is 2. The number of carbonyl (C=O) groups is 1. The zero-order chi connectivity index (χ0) is 12.3. The number of benzene rings is 2. The lowest BCUT2D eigenvalue weighted by Crippen LogP contribution is -2.09. The lowest BCUT2D eigenvalue weighted by molar-refractivity contribution is 0.0736. The molecule has 0 unspecified atom stereocenters. The highest BCUT2D eigenvalue weighted by atomic mass is 16.5. The lowest BCUT2D eigenvalue weighted by atomic mass is 10.2. The third-order valence-corrected chi connectivity index (χ3v) is 2.25. The molecule has 0 aliphatic carbocycles. The summed E-state index contributed by atoms with van der Waals surface area (Å²) in [6, 6.07) is 13.5. The maximum absolute atomic E-state index is 11.7. The molecule has 0 heterocycles. The smallest absolute Gasteiger partial charge is 0.343 e. The molecule has 0 radical (unpaired) electrons. The van der Waals surface area contributed by atoms with Crippen molar-refractivity contribution < 1.29 is 9.53 Å². The van der Waals surface area contributed by atoms with E-state index in [2.05, 4.69) is 0 Å². The van der Waals surface area contributed by atoms with Crippen LogP contribution in [0.3, 0.4) is 0 Å². The van der Waals surface area contributed by atoms with Crippen LogP contribution in [0.25, 0.3) is 0 Å². The summed E-state index contributed by atoms with van der Waals surface area (Å²) in [6.45, 7) is 0. The van der Waals surface area contributed by atoms with Crippen LogP contribution in [-0.4, -0.2) is 5.97 Å². The van der Waals surface area contributed by atoms with E-state index in [0.29, 0.717) is 22.7 Å². The van der Waals surface area contributed by atoms with E-state index in [1.165, 1.54) is 0 Å². The number of nitrogen functional groups attached to an aromatic ring is 2. The minimum Gasteiger partial charge on any atom is -0.421 e. The van der Waals surface area contributed by atoms with Crippen molar-refractivity contribution in [2.24, 2.45) is 0 Å². The largest absolute Gasteiger partial charge is 0.421 e. The van der Waals surface area contributed by atoms with Gasteiger partial charge in [0.2, 0.25) is 0 Å². The normalized spacial score (nSPS) is 9.88. The molecular formula is C13H12N2O2. The van der Waals surface area contributed by atoms with Gasteiger partial charge in [0, 0.05) is 5.69 Å². The van der Waals surface area contributed by atoms with Gasteiger partial charge >= 0.3 is 5.97 Å². The van der Waals surface area contributed by atoms with E-state index in [1.54, 1.807) is 42.5 Å². The van der Waals surface area contributed by atoms with Crippen LogP contribution in [0.1, 0.15) is 10.4 Å². The molecule has 0 saturated carbocycles. The standard InChI is InChI=1S/C13H12N2O2/c14-10-6-7-12(11(15)8-10)17-13(16)9-4-2-1-3-5-9/h1-8H,14-15H2. The molecule has 0 fully saturated rings. The highest BCUT2D eigenvalue weighted by molar-refractivity contribution is 5.91. The van der Waals surface area contributed by atoms with Gasteiger partial charge < -0.3 is 16.2 Å². The number of esters is 1. The quantitative estimate of drug-likeness (QED) is 0.468. The third-order valence-electron chi connectivity index (χ3n) is 2.25. The van der Waals surface area contributed by atoms with Crippen LogP contribution >= 0.6 is 0 Å². The summed E-state index contributed by atoms with van der Waals surface area (Å²) in [4.78, 5) is 11.7. The van der Waals surface area contributed by atoms with Gasteiger partial charge in [0.25, 0.3) is 0 Å². The molecule has 2 aromatic rings. The molecule has 0 bridgehead atoms. The molecule has 17 heavy (non-hydrogen) atoms. The van der Waals surface area contributed by atoms with Crippen LogP contribution in [0, 0.1) is 0 Å². The van der Waals surface area contributed by atoms with E-state index < -0.39 is 5.97 Å². The summed E-state index contributed by atoms with van der Waals surface area (Å²) < 4.78 is 5.17. The van der Waals surface area contributed by atoms with E-state index in [0.717, 1.165) is 0 Å². The van der Waals surface area contributed by atoms with Gasteiger partial charge in [-0.3, -0.25) is 0 Å². The van der Waals surface area contributed by atoms with Crippen molar-refractivity contribution in [2.45, 2.75) is 0 Å². The summed E-state index contributed by atoms with van der Waals surface area (Å²) >= 11 is 0. The number of nitrogens with two attached hydrogens (primary N) is 2. The molecule has 4 heteroatoms. The van der Waals surface area contributed by atoms with Crippen LogP contribution in [0.15, 0.2) is 48.5 Å². The Balaban J connectivity index is 2.19. The van der Waals surface area contributed by atoms with E-state index >= 15 is 0 Å². The molecule has 0 saturated heterocycles. The zero-order valence-electron chi connectivity index (χ0n) is 9.09. The van der Waals surface area contributed by atoms with Crippen molar-refractivity contribution >= 4 is 17.3 Å². The topological polar surface area (TPSA) is 78.3 Å². The zero-order valence-corrected chi connectivity index (χ0v) is 9.09. The highest BCUT2D eigenvalue weighted by Gasteiger charge is 2.09. The summed E-state index contributed by atoms with van der Waals surface area (Å²) in [7, 11) is 0. The maximum Gasteiger partial charge on any atom is 0.343 e. The Labute approximate surface area is 98.8 Å². The summed E-state index contributed by atoms with van der Waals surface area (Å²) in [5.41, 5.74) is 12.6. The Kier molecular flexibility index (Phi) is 2.96. The Bertz CT molecular complexity index is 538. The van der Waals surface area contributed by atoms with Gasteiger partial charge in [0.05, 0.1) is 11.3 Å². The van der Waals surface area contributed by atoms with Gasteiger partial charge in [0.15, 0.2) is 5.75 Å². The molecule has 2 aromatic carbocycles. The van der Waals surface area contributed by atoms with E-state index in [4.69, 9.17) is 16.2 Å². The molecule has 4 N–H and O–H groups in total. The lowest BCUT2D eigenvalue weighted by Gasteiger charge is -2.07. The van der Waals surface area contributed by atoms with Crippen molar-refractivity contribution in [3.8, 4) is 5.75 Å². The van der Waals surface area contributed by atoms with Gasteiger partial charge in [-0.1, -0.05) is 18.2 Å². The van der Waals surface area contributed by atoms with Gasteiger partial charge in [0.1, 0.15) is 0 Å². The second-order valence-electron chi connectivity index (χ2n) is 3.55. The third kappa shape index (κ3) is 2.55. The van der Waals surface area contributed by atoms with Crippen molar-refractivity contribution in [1.82, 2.24) is 0 Å². The first kappa shape index (κ1) is 11.0. The van der Waals surface area contributed by atoms with Gasteiger partial charge in [-0.15, -0.1) is 0 Å². The Morgan fingerprint density at radius 1 is 1.00 bits per heavy atom. The predicted molar refractivity (Wildman–Crippen MR) is 66.7 cm³/mol. The molecule has 4 nitrogen and oxygen atoms in total. The first-order valence-corrected chi connectivity index (χ1v) is 5.09. The molecule has 0 aromatic heterocycles. The van der Waals surface area contributed by atoms with Crippen molar-refractivity contribution in [3.63, 3.8) is 0 Å². The Hall–Kier alpha value is -2.49. The number of hydrogen-bond acceptors (Lipinski definition) is 4. The Morgan fingerprint density at radius 3 is 2.35 bits per heavy atom. The summed E-state index contributed by atoms with van der Waals surface area (Å²) in [5.74, 6) is -0.130. The fourth-order valence-corrected chi connectivity index (χ4v) is 1.39. The molecule has 86 valence electrons. The molecule has 0 aliphatic rings. The fraction of sp³-hybridized carbons (Fsp3) is 0. The minimum atomic E-state index is -0.443. The van der Waals surface area contributed by atoms with Gasteiger partial charge in [-0.25, -0.2) is 4.79 Å². The van der Waals surface area contributed by atoms with Gasteiger partial charge in [-0.2, -0.15) is 0 Å². The molecule has 0 spiro atoms. The molecule has 2 rings (SSSR count). The second kappa shape index (κ2) is 4.57. The van der Waals surface area contributed by atoms with Gasteiger partial charge in [-0.05, 0) is 30.3 Å². The van der Waals surface area contributed by atoms with E-state index in [1.807, 2.05) is 6.07 Å². The Morgan fingerprint density at radius 2 is 1.71 bits per heavy atom. The molecule has 0 aliphatic heterocycles. The highest BCUT2D eigenvalue weighted by Crippen LogP contribution is 2.24. The predicted octanol–water partition coefficient (Wildman–Crippen LogP) is 2.07. The van der Waals surface area contributed by atoms with Crippen LogP contribution in [0.5, 0.6) is 5.75 Å². The van der Waals surface area contributed by atoms with Crippen LogP contribution in [0.2, 0.25) is 0 Å². The fourth-order valence-electron chi connectivity index (χ4n) is 1.39. The molecule has 0 amide bonds. The van der Waals surface area contributed by atoms with Crippen molar-refractivity contribution in [3.05, 3.63) is 54.1 Å². The van der Waals surface area contributed by atoms with Crippen molar-refractivity contribution in [2.75, 3.05) is 11.5 Å². The first-order valence-electron chi connectivity index (χ1n) is 5.09.